The fourth-order valence-electron chi connectivity index (χ4n) is 2.13. The monoisotopic (exact) mass is 248 g/mol. The molecule has 1 fully saturated rings. The molecular formula is C11H24N2O2S. The molecule has 5 heteroatoms. The lowest BCUT2D eigenvalue weighted by Gasteiger charge is -2.33. The second kappa shape index (κ2) is 5.98. The number of rotatable bonds is 5. The molecule has 0 aromatic rings. The SMILES string of the molecule is CC(CN)CCCN1CCS(=O)(=O)CC1C. The van der Waals surface area contributed by atoms with Gasteiger partial charge in [0.2, 0.25) is 0 Å². The van der Waals surface area contributed by atoms with Crippen LogP contribution in [0.2, 0.25) is 0 Å². The van der Waals surface area contributed by atoms with Crippen molar-refractivity contribution in [3.05, 3.63) is 0 Å². The molecular weight excluding hydrogens is 224 g/mol. The maximum Gasteiger partial charge on any atom is 0.153 e. The van der Waals surface area contributed by atoms with Gasteiger partial charge in [0.1, 0.15) is 0 Å². The molecule has 2 unspecified atom stereocenters. The van der Waals surface area contributed by atoms with Crippen LogP contribution in [0.3, 0.4) is 0 Å². The van der Waals surface area contributed by atoms with Crippen molar-refractivity contribution >= 4 is 9.84 Å². The van der Waals surface area contributed by atoms with Crippen molar-refractivity contribution in [1.82, 2.24) is 4.90 Å². The lowest BCUT2D eigenvalue weighted by Crippen LogP contribution is -2.47. The first kappa shape index (κ1) is 13.9. The van der Waals surface area contributed by atoms with Gasteiger partial charge in [0.25, 0.3) is 0 Å². The predicted octanol–water partition coefficient (Wildman–Crippen LogP) is 0.480. The fraction of sp³-hybridized carbons (Fsp3) is 1.00. The van der Waals surface area contributed by atoms with E-state index in [1.807, 2.05) is 6.92 Å². The van der Waals surface area contributed by atoms with Gasteiger partial charge in [0, 0.05) is 12.6 Å². The van der Waals surface area contributed by atoms with Crippen LogP contribution < -0.4 is 5.73 Å². The van der Waals surface area contributed by atoms with Gasteiger partial charge in [-0.05, 0) is 38.8 Å². The zero-order valence-corrected chi connectivity index (χ0v) is 11.2. The van der Waals surface area contributed by atoms with Crippen LogP contribution in [0.1, 0.15) is 26.7 Å². The van der Waals surface area contributed by atoms with Gasteiger partial charge in [0.05, 0.1) is 11.5 Å². The Morgan fingerprint density at radius 1 is 1.50 bits per heavy atom. The molecule has 1 rings (SSSR count). The molecule has 1 saturated heterocycles. The zero-order valence-electron chi connectivity index (χ0n) is 10.4. The van der Waals surface area contributed by atoms with E-state index in [-0.39, 0.29) is 6.04 Å². The van der Waals surface area contributed by atoms with E-state index in [0.717, 1.165) is 25.9 Å². The van der Waals surface area contributed by atoms with E-state index in [0.29, 0.717) is 24.0 Å². The Morgan fingerprint density at radius 2 is 2.19 bits per heavy atom. The molecule has 0 bridgehead atoms. The Hall–Kier alpha value is -0.130. The molecule has 2 N–H and O–H groups in total. The Bertz CT molecular complexity index is 303. The van der Waals surface area contributed by atoms with Crippen LogP contribution in [-0.4, -0.2) is 50.5 Å². The Morgan fingerprint density at radius 3 is 2.75 bits per heavy atom. The van der Waals surface area contributed by atoms with Crippen molar-refractivity contribution in [3.63, 3.8) is 0 Å². The van der Waals surface area contributed by atoms with Crippen LogP contribution in [0, 0.1) is 5.92 Å². The normalized spacial score (nSPS) is 27.8. The Labute approximate surface area is 99.1 Å². The summed E-state index contributed by atoms with van der Waals surface area (Å²) in [6, 6.07) is 0.173. The maximum atomic E-state index is 11.4. The van der Waals surface area contributed by atoms with E-state index in [4.69, 9.17) is 5.73 Å². The summed E-state index contributed by atoms with van der Waals surface area (Å²) in [6.45, 7) is 6.60. The molecule has 0 amide bonds. The topological polar surface area (TPSA) is 63.4 Å². The summed E-state index contributed by atoms with van der Waals surface area (Å²) in [4.78, 5) is 2.28. The van der Waals surface area contributed by atoms with Crippen molar-refractivity contribution in [3.8, 4) is 0 Å². The lowest BCUT2D eigenvalue weighted by atomic mass is 10.1. The number of hydrogen-bond acceptors (Lipinski definition) is 4. The van der Waals surface area contributed by atoms with Gasteiger partial charge in [0.15, 0.2) is 9.84 Å². The molecule has 0 aliphatic carbocycles. The average molecular weight is 248 g/mol. The molecule has 16 heavy (non-hydrogen) atoms. The lowest BCUT2D eigenvalue weighted by molar-refractivity contribution is 0.218. The third-order valence-corrected chi connectivity index (χ3v) is 5.15. The molecule has 4 nitrogen and oxygen atoms in total. The van der Waals surface area contributed by atoms with Gasteiger partial charge in [-0.3, -0.25) is 4.90 Å². The summed E-state index contributed by atoms with van der Waals surface area (Å²) >= 11 is 0. The summed E-state index contributed by atoms with van der Waals surface area (Å²) < 4.78 is 22.8. The second-order valence-corrected chi connectivity index (χ2v) is 7.21. The molecule has 0 aromatic heterocycles. The minimum atomic E-state index is -2.77. The number of nitrogens with two attached hydrogens (primary N) is 1. The van der Waals surface area contributed by atoms with Gasteiger partial charge < -0.3 is 5.73 Å². The van der Waals surface area contributed by atoms with E-state index < -0.39 is 9.84 Å². The number of hydrogen-bond donors (Lipinski definition) is 1. The van der Waals surface area contributed by atoms with Crippen molar-refractivity contribution in [1.29, 1.82) is 0 Å². The average Bonchev–Trinajstić information content (AvgIpc) is 2.20. The summed E-state index contributed by atoms with van der Waals surface area (Å²) in [7, 11) is -2.77. The number of nitrogens with zero attached hydrogens (tertiary/aromatic N) is 1. The highest BCUT2D eigenvalue weighted by molar-refractivity contribution is 7.91. The van der Waals surface area contributed by atoms with Crippen molar-refractivity contribution in [2.24, 2.45) is 11.7 Å². The van der Waals surface area contributed by atoms with Crippen molar-refractivity contribution < 1.29 is 8.42 Å². The molecule has 1 aliphatic heterocycles. The first-order valence-corrected chi connectivity index (χ1v) is 7.91. The summed E-state index contributed by atoms with van der Waals surface area (Å²) in [6.07, 6.45) is 2.25. The van der Waals surface area contributed by atoms with E-state index in [9.17, 15) is 8.42 Å². The van der Waals surface area contributed by atoms with Crippen LogP contribution in [0.25, 0.3) is 0 Å². The predicted molar refractivity (Wildman–Crippen MR) is 67.1 cm³/mol. The summed E-state index contributed by atoms with van der Waals surface area (Å²) in [5.74, 6) is 1.22. The molecule has 96 valence electrons. The summed E-state index contributed by atoms with van der Waals surface area (Å²) in [5, 5.41) is 0. The van der Waals surface area contributed by atoms with Crippen LogP contribution in [0.4, 0.5) is 0 Å². The molecule has 0 spiro atoms. The van der Waals surface area contributed by atoms with Gasteiger partial charge in [-0.25, -0.2) is 8.42 Å². The van der Waals surface area contributed by atoms with E-state index in [1.165, 1.54) is 0 Å². The highest BCUT2D eigenvalue weighted by Gasteiger charge is 2.27. The standard InChI is InChI=1S/C11H24N2O2S/c1-10(8-12)4-3-5-13-6-7-16(14,15)9-11(13)2/h10-11H,3-9,12H2,1-2H3. The van der Waals surface area contributed by atoms with Crippen LogP contribution in [-0.2, 0) is 9.84 Å². The molecule has 1 aliphatic rings. The van der Waals surface area contributed by atoms with E-state index in [1.54, 1.807) is 0 Å². The van der Waals surface area contributed by atoms with Crippen LogP contribution in [0.15, 0.2) is 0 Å². The van der Waals surface area contributed by atoms with Crippen LogP contribution >= 0.6 is 0 Å². The molecule has 2 atom stereocenters. The smallest absolute Gasteiger partial charge is 0.153 e. The molecule has 0 aromatic carbocycles. The highest BCUT2D eigenvalue weighted by Crippen LogP contribution is 2.13. The highest BCUT2D eigenvalue weighted by atomic mass is 32.2. The van der Waals surface area contributed by atoms with E-state index in [2.05, 4.69) is 11.8 Å². The van der Waals surface area contributed by atoms with Gasteiger partial charge in [-0.2, -0.15) is 0 Å². The van der Waals surface area contributed by atoms with Crippen molar-refractivity contribution in [2.75, 3.05) is 31.1 Å². The Kier molecular flexibility index (Phi) is 5.21. The zero-order chi connectivity index (χ0) is 12.2. The third-order valence-electron chi connectivity index (χ3n) is 3.35. The quantitative estimate of drug-likeness (QED) is 0.768. The van der Waals surface area contributed by atoms with Crippen molar-refractivity contribution in [2.45, 2.75) is 32.7 Å². The second-order valence-electron chi connectivity index (χ2n) is 4.98. The molecule has 0 radical (unpaired) electrons. The first-order chi connectivity index (χ1) is 7.44. The number of sulfone groups is 1. The minimum absolute atomic E-state index is 0.173. The van der Waals surface area contributed by atoms with Gasteiger partial charge in [-0.15, -0.1) is 0 Å². The maximum absolute atomic E-state index is 11.4. The Balaban J connectivity index is 2.28. The largest absolute Gasteiger partial charge is 0.330 e. The van der Waals surface area contributed by atoms with Crippen LogP contribution in [0.5, 0.6) is 0 Å². The molecule has 0 saturated carbocycles. The fourth-order valence-corrected chi connectivity index (χ4v) is 3.75. The minimum Gasteiger partial charge on any atom is -0.330 e. The van der Waals surface area contributed by atoms with Gasteiger partial charge in [-0.1, -0.05) is 6.92 Å². The first-order valence-electron chi connectivity index (χ1n) is 6.09. The van der Waals surface area contributed by atoms with E-state index >= 15 is 0 Å². The summed E-state index contributed by atoms with van der Waals surface area (Å²) in [5.41, 5.74) is 5.56. The molecule has 1 heterocycles. The third kappa shape index (κ3) is 4.39. The van der Waals surface area contributed by atoms with Gasteiger partial charge >= 0.3 is 0 Å².